The number of hydrogen-bond acceptors (Lipinski definition) is 5. The third kappa shape index (κ3) is 4.98. The third-order valence-corrected chi connectivity index (χ3v) is 7.35. The number of benzene rings is 2. The molecular formula is C27H30ClF2N5. The third-order valence-electron chi connectivity index (χ3n) is 6.97. The second kappa shape index (κ2) is 10.5. The molecule has 1 saturated heterocycles. The molecule has 3 heterocycles. The quantitative estimate of drug-likeness (QED) is 0.570. The predicted molar refractivity (Wildman–Crippen MR) is 140 cm³/mol. The fraction of sp³-hybridized carbons (Fsp3) is 0.407. The lowest BCUT2D eigenvalue weighted by molar-refractivity contribution is 0.333. The molecule has 35 heavy (non-hydrogen) atoms. The molecule has 0 aromatic heterocycles. The number of piperazine rings is 1. The van der Waals surface area contributed by atoms with Crippen molar-refractivity contribution in [1.29, 1.82) is 0 Å². The molecule has 0 spiro atoms. The van der Waals surface area contributed by atoms with E-state index >= 15 is 0 Å². The van der Waals surface area contributed by atoms with E-state index in [1.165, 1.54) is 5.69 Å². The number of rotatable bonds is 4. The molecule has 3 aliphatic rings. The van der Waals surface area contributed by atoms with Crippen LogP contribution < -0.4 is 10.2 Å². The summed E-state index contributed by atoms with van der Waals surface area (Å²) in [6.45, 7) is 6.97. The molecule has 0 amide bonds. The molecule has 1 atom stereocenters. The molecule has 8 heteroatoms. The van der Waals surface area contributed by atoms with E-state index in [1.54, 1.807) is 0 Å². The predicted octanol–water partition coefficient (Wildman–Crippen LogP) is 5.47. The smallest absolute Gasteiger partial charge is 0.151 e. The molecule has 2 aromatic carbocycles. The Labute approximate surface area is 210 Å². The summed E-state index contributed by atoms with van der Waals surface area (Å²) in [5.74, 6) is -0.412. The van der Waals surface area contributed by atoms with Crippen molar-refractivity contribution in [3.8, 4) is 0 Å². The second-order valence-electron chi connectivity index (χ2n) is 9.16. The van der Waals surface area contributed by atoms with E-state index in [9.17, 15) is 8.78 Å². The van der Waals surface area contributed by atoms with E-state index in [1.807, 2.05) is 11.8 Å². The molecule has 0 bridgehead atoms. The Balaban J connectivity index is 1.48. The van der Waals surface area contributed by atoms with Gasteiger partial charge >= 0.3 is 0 Å². The van der Waals surface area contributed by atoms with E-state index < -0.39 is 17.7 Å². The highest BCUT2D eigenvalue weighted by molar-refractivity contribution is 6.42. The Morgan fingerprint density at radius 1 is 1.00 bits per heavy atom. The first-order chi connectivity index (χ1) is 17.0. The van der Waals surface area contributed by atoms with E-state index in [0.717, 1.165) is 80.4 Å². The summed E-state index contributed by atoms with van der Waals surface area (Å²) in [6.07, 6.45) is 4.83. The summed E-state index contributed by atoms with van der Waals surface area (Å²) in [7, 11) is 0. The van der Waals surface area contributed by atoms with Crippen LogP contribution in [0.15, 0.2) is 52.5 Å². The van der Waals surface area contributed by atoms with Gasteiger partial charge in [0, 0.05) is 49.5 Å². The van der Waals surface area contributed by atoms with Crippen molar-refractivity contribution in [1.82, 2.24) is 10.2 Å². The Morgan fingerprint density at radius 3 is 2.51 bits per heavy atom. The Hall–Kier alpha value is -2.77. The Bertz CT molecular complexity index is 1170. The second-order valence-corrected chi connectivity index (χ2v) is 9.53. The van der Waals surface area contributed by atoms with Crippen molar-refractivity contribution in [3.05, 3.63) is 70.3 Å². The van der Waals surface area contributed by atoms with Gasteiger partial charge in [-0.3, -0.25) is 4.99 Å². The highest BCUT2D eigenvalue weighted by Gasteiger charge is 2.30. The molecule has 0 radical (unpaired) electrons. The van der Waals surface area contributed by atoms with Crippen LogP contribution in [0.1, 0.15) is 43.4 Å². The van der Waals surface area contributed by atoms with Gasteiger partial charge in [-0.15, -0.1) is 0 Å². The molecule has 184 valence electrons. The van der Waals surface area contributed by atoms with Crippen LogP contribution >= 0.6 is 11.6 Å². The minimum Gasteiger partial charge on any atom is -0.369 e. The minimum atomic E-state index is -0.620. The van der Waals surface area contributed by atoms with E-state index in [-0.39, 0.29) is 10.6 Å². The maximum atomic E-state index is 14.8. The number of fused-ring (bicyclic) bond motifs is 1. The lowest BCUT2D eigenvalue weighted by atomic mass is 10.0. The normalized spacial score (nSPS) is 21.2. The van der Waals surface area contributed by atoms with Crippen LogP contribution in [-0.2, 0) is 0 Å². The summed E-state index contributed by atoms with van der Waals surface area (Å²) < 4.78 is 29.0. The van der Waals surface area contributed by atoms with E-state index in [4.69, 9.17) is 21.6 Å². The number of nitrogens with one attached hydrogen (secondary N) is 1. The van der Waals surface area contributed by atoms with Crippen LogP contribution in [0.3, 0.4) is 0 Å². The van der Waals surface area contributed by atoms with Crippen molar-refractivity contribution in [2.75, 3.05) is 44.2 Å². The van der Waals surface area contributed by atoms with E-state index in [2.05, 4.69) is 40.6 Å². The Kier molecular flexibility index (Phi) is 7.16. The van der Waals surface area contributed by atoms with Crippen LogP contribution in [0.4, 0.5) is 14.5 Å². The van der Waals surface area contributed by atoms with Crippen LogP contribution in [0, 0.1) is 11.6 Å². The number of nitrogens with zero attached hydrogens (tertiary/aromatic N) is 4. The van der Waals surface area contributed by atoms with Gasteiger partial charge in [0.1, 0.15) is 11.6 Å². The van der Waals surface area contributed by atoms with Crippen LogP contribution in [-0.4, -0.2) is 55.7 Å². The van der Waals surface area contributed by atoms with Gasteiger partial charge in [-0.25, -0.2) is 13.8 Å². The topological polar surface area (TPSA) is 43.2 Å². The monoisotopic (exact) mass is 497 g/mol. The van der Waals surface area contributed by atoms with Crippen molar-refractivity contribution in [2.45, 2.75) is 32.2 Å². The zero-order chi connectivity index (χ0) is 24.4. The number of anilines is 1. The van der Waals surface area contributed by atoms with Gasteiger partial charge in [0.25, 0.3) is 0 Å². The first-order valence-corrected chi connectivity index (χ1v) is 12.7. The average molecular weight is 498 g/mol. The number of hydrogen-bond donors (Lipinski definition) is 1. The molecule has 0 saturated carbocycles. The summed E-state index contributed by atoms with van der Waals surface area (Å²) in [5.41, 5.74) is 4.19. The molecule has 1 fully saturated rings. The molecular weight excluding hydrogens is 468 g/mol. The molecule has 3 aliphatic heterocycles. The summed E-state index contributed by atoms with van der Waals surface area (Å²) in [5, 5.41) is 3.21. The number of aliphatic imine (C=N–C) groups is 2. The lowest BCUT2D eigenvalue weighted by Crippen LogP contribution is -2.44. The summed E-state index contributed by atoms with van der Waals surface area (Å²) in [6, 6.07) is 10.2. The van der Waals surface area contributed by atoms with Crippen LogP contribution in [0.25, 0.3) is 5.70 Å². The van der Waals surface area contributed by atoms with Crippen molar-refractivity contribution in [2.24, 2.45) is 9.98 Å². The molecule has 5 nitrogen and oxygen atoms in total. The summed E-state index contributed by atoms with van der Waals surface area (Å²) >= 11 is 6.22. The Morgan fingerprint density at radius 2 is 1.74 bits per heavy atom. The number of allylic oxidation sites excluding steroid dienone is 1. The molecule has 0 aliphatic carbocycles. The van der Waals surface area contributed by atoms with Crippen LogP contribution in [0.2, 0.25) is 5.02 Å². The van der Waals surface area contributed by atoms with E-state index in [0.29, 0.717) is 13.1 Å². The summed E-state index contributed by atoms with van der Waals surface area (Å²) in [4.78, 5) is 14.2. The van der Waals surface area contributed by atoms with Crippen molar-refractivity contribution in [3.63, 3.8) is 0 Å². The minimum absolute atomic E-state index is 0.156. The molecule has 5 rings (SSSR count). The fourth-order valence-corrected chi connectivity index (χ4v) is 5.34. The highest BCUT2D eigenvalue weighted by atomic mass is 35.5. The van der Waals surface area contributed by atoms with Crippen molar-refractivity contribution < 1.29 is 8.78 Å². The number of halogens is 3. The average Bonchev–Trinajstić information content (AvgIpc) is 2.87. The lowest BCUT2D eigenvalue weighted by Gasteiger charge is -2.36. The van der Waals surface area contributed by atoms with Gasteiger partial charge in [-0.2, -0.15) is 0 Å². The first kappa shape index (κ1) is 23.9. The highest BCUT2D eigenvalue weighted by Crippen LogP contribution is 2.34. The fourth-order valence-electron chi connectivity index (χ4n) is 5.03. The van der Waals surface area contributed by atoms with Gasteiger partial charge in [-0.1, -0.05) is 29.8 Å². The van der Waals surface area contributed by atoms with Gasteiger partial charge < -0.3 is 15.1 Å². The van der Waals surface area contributed by atoms with Gasteiger partial charge in [-0.05, 0) is 50.5 Å². The molecule has 1 unspecified atom stereocenters. The maximum Gasteiger partial charge on any atom is 0.151 e. The van der Waals surface area contributed by atoms with Gasteiger partial charge in [0.2, 0.25) is 0 Å². The maximum absolute atomic E-state index is 14.8. The zero-order valence-corrected chi connectivity index (χ0v) is 20.7. The number of amidine groups is 1. The standard InChI is InChI=1S/C27H30ClF2N5/c1-18(25-21(29)10-11-22(30)26(25)28)35-17-14-32-24-5-3-2-4-23(33-27(24)35)19-6-8-20(9-7-19)34-15-12-31-13-16-34/h4,6-11,18,31H,2-3,5,12-17H2,1H3/b23-4-,33-27?. The molecule has 2 aromatic rings. The first-order valence-electron chi connectivity index (χ1n) is 12.3. The van der Waals surface area contributed by atoms with Crippen LogP contribution in [0.5, 0.6) is 0 Å². The zero-order valence-electron chi connectivity index (χ0n) is 19.9. The van der Waals surface area contributed by atoms with Gasteiger partial charge in [0.15, 0.2) is 5.84 Å². The largest absolute Gasteiger partial charge is 0.369 e. The SMILES string of the molecule is CC(c1c(F)ccc(F)c1Cl)N1CCN=C2CCC/C=C(/c3ccc(N4CCNCC4)cc3)N=C21. The van der Waals surface area contributed by atoms with Gasteiger partial charge in [0.05, 0.1) is 29.0 Å². The van der Waals surface area contributed by atoms with Crippen molar-refractivity contribution >= 4 is 34.5 Å². The molecule has 1 N–H and O–H groups in total.